The van der Waals surface area contributed by atoms with Crippen LogP contribution in [0.3, 0.4) is 0 Å². The van der Waals surface area contributed by atoms with Gasteiger partial charge in [-0.2, -0.15) is 0 Å². The number of hydrogen-bond donors (Lipinski definition) is 2. The lowest BCUT2D eigenvalue weighted by molar-refractivity contribution is -1.02. The van der Waals surface area contributed by atoms with Crippen LogP contribution in [0.2, 0.25) is 0 Å². The van der Waals surface area contributed by atoms with Gasteiger partial charge in [0, 0.05) is 17.2 Å². The number of piperazine rings is 1. The molecule has 1 heterocycles. The Morgan fingerprint density at radius 3 is 1.93 bits per heavy atom. The summed E-state index contributed by atoms with van der Waals surface area (Å²) in [6.07, 6.45) is 0. The van der Waals surface area contributed by atoms with Gasteiger partial charge in [-0.25, -0.2) is 0 Å². The van der Waals surface area contributed by atoms with Crippen molar-refractivity contribution in [2.45, 2.75) is 19.7 Å². The lowest BCUT2D eigenvalue weighted by Crippen LogP contribution is -3.27. The van der Waals surface area contributed by atoms with E-state index in [4.69, 9.17) is 9.47 Å². The first kappa shape index (κ1) is 20.5. The fourth-order valence-corrected chi connectivity index (χ4v) is 4.17. The molecule has 1 aliphatic rings. The lowest BCUT2D eigenvalue weighted by Gasteiger charge is -2.30. The molecule has 0 spiro atoms. The highest BCUT2D eigenvalue weighted by Crippen LogP contribution is 2.25. The molecule has 0 unspecified atom stereocenters. The van der Waals surface area contributed by atoms with E-state index >= 15 is 0 Å². The van der Waals surface area contributed by atoms with Crippen LogP contribution in [0, 0.1) is 0 Å². The Bertz CT molecular complexity index is 907. The molecule has 0 bridgehead atoms. The van der Waals surface area contributed by atoms with Gasteiger partial charge in [-0.1, -0.05) is 60.7 Å². The van der Waals surface area contributed by atoms with E-state index in [9.17, 15) is 0 Å². The number of benzene rings is 3. The standard InChI is InChI=1S/C26H30N2O2/c1-29-26-18-25(30-21-23-10-6-3-7-11-23)13-12-24(26)20-28-16-14-27(15-17-28)19-22-8-4-2-5-9-22/h2-13,18H,14-17,19-21H2,1H3/p+2. The molecule has 0 atom stereocenters. The Hall–Kier alpha value is -2.82. The van der Waals surface area contributed by atoms with Crippen molar-refractivity contribution in [3.8, 4) is 11.5 Å². The van der Waals surface area contributed by atoms with Crippen molar-refractivity contribution in [3.05, 3.63) is 95.6 Å². The molecule has 4 heteroatoms. The first-order chi connectivity index (χ1) is 14.8. The average molecular weight is 405 g/mol. The summed E-state index contributed by atoms with van der Waals surface area (Å²) < 4.78 is 11.6. The molecule has 3 aromatic rings. The first-order valence-corrected chi connectivity index (χ1v) is 10.8. The van der Waals surface area contributed by atoms with Crippen LogP contribution in [0.4, 0.5) is 0 Å². The molecule has 156 valence electrons. The van der Waals surface area contributed by atoms with Gasteiger partial charge in [-0.05, 0) is 17.7 Å². The third-order valence-corrected chi connectivity index (χ3v) is 5.91. The van der Waals surface area contributed by atoms with Crippen LogP contribution in [-0.4, -0.2) is 33.3 Å². The molecule has 0 radical (unpaired) electrons. The van der Waals surface area contributed by atoms with Crippen molar-refractivity contribution < 1.29 is 19.3 Å². The van der Waals surface area contributed by atoms with Gasteiger partial charge < -0.3 is 19.3 Å². The number of nitrogens with one attached hydrogen (secondary N) is 2. The molecule has 3 aromatic carbocycles. The van der Waals surface area contributed by atoms with E-state index in [0.29, 0.717) is 6.61 Å². The predicted molar refractivity (Wildman–Crippen MR) is 119 cm³/mol. The summed E-state index contributed by atoms with van der Waals surface area (Å²) in [5.41, 5.74) is 3.86. The first-order valence-electron chi connectivity index (χ1n) is 10.8. The zero-order valence-corrected chi connectivity index (χ0v) is 17.8. The van der Waals surface area contributed by atoms with Gasteiger partial charge in [0.1, 0.15) is 57.4 Å². The SMILES string of the molecule is COc1cc(OCc2ccccc2)ccc1C[NH+]1CC[NH+](Cc2ccccc2)CC1. The minimum absolute atomic E-state index is 0.570. The molecule has 4 rings (SSSR count). The maximum Gasteiger partial charge on any atom is 0.131 e. The summed E-state index contributed by atoms with van der Waals surface area (Å²) in [4.78, 5) is 3.31. The molecule has 1 fully saturated rings. The van der Waals surface area contributed by atoms with E-state index in [-0.39, 0.29) is 0 Å². The van der Waals surface area contributed by atoms with Crippen molar-refractivity contribution in [2.24, 2.45) is 0 Å². The van der Waals surface area contributed by atoms with Gasteiger partial charge in [-0.3, -0.25) is 0 Å². The molecule has 1 aliphatic heterocycles. The summed E-state index contributed by atoms with van der Waals surface area (Å²) in [6, 6.07) is 27.3. The Balaban J connectivity index is 1.30. The molecular formula is C26H32N2O2+2. The summed E-state index contributed by atoms with van der Waals surface area (Å²) >= 11 is 0. The second-order valence-corrected chi connectivity index (χ2v) is 8.09. The monoisotopic (exact) mass is 404 g/mol. The number of rotatable bonds is 8. The van der Waals surface area contributed by atoms with Crippen LogP contribution in [0.15, 0.2) is 78.9 Å². The Labute approximate surface area is 179 Å². The van der Waals surface area contributed by atoms with Crippen LogP contribution < -0.4 is 19.3 Å². The van der Waals surface area contributed by atoms with Crippen LogP contribution in [0.25, 0.3) is 0 Å². The molecule has 4 nitrogen and oxygen atoms in total. The number of methoxy groups -OCH3 is 1. The maximum absolute atomic E-state index is 5.96. The van der Waals surface area contributed by atoms with Crippen molar-refractivity contribution in [3.63, 3.8) is 0 Å². The third-order valence-electron chi connectivity index (χ3n) is 5.91. The highest BCUT2D eigenvalue weighted by atomic mass is 16.5. The van der Waals surface area contributed by atoms with Gasteiger partial charge in [-0.15, -0.1) is 0 Å². The second-order valence-electron chi connectivity index (χ2n) is 8.09. The smallest absolute Gasteiger partial charge is 0.131 e. The predicted octanol–water partition coefficient (Wildman–Crippen LogP) is 1.76. The maximum atomic E-state index is 5.96. The Kier molecular flexibility index (Phi) is 7.01. The second kappa shape index (κ2) is 10.3. The summed E-state index contributed by atoms with van der Waals surface area (Å²) in [5, 5.41) is 0. The van der Waals surface area contributed by atoms with Gasteiger partial charge in [0.25, 0.3) is 0 Å². The summed E-state index contributed by atoms with van der Waals surface area (Å²) in [6.45, 7) is 7.51. The van der Waals surface area contributed by atoms with Crippen molar-refractivity contribution in [2.75, 3.05) is 33.3 Å². The minimum atomic E-state index is 0.570. The largest absolute Gasteiger partial charge is 0.496 e. The summed E-state index contributed by atoms with van der Waals surface area (Å²) in [7, 11) is 1.75. The van der Waals surface area contributed by atoms with Gasteiger partial charge >= 0.3 is 0 Å². The normalized spacial score (nSPS) is 18.7. The molecule has 0 saturated carbocycles. The number of quaternary nitrogens is 2. The molecular weight excluding hydrogens is 372 g/mol. The highest BCUT2D eigenvalue weighted by molar-refractivity contribution is 5.40. The molecule has 30 heavy (non-hydrogen) atoms. The van der Waals surface area contributed by atoms with Gasteiger partial charge in [0.2, 0.25) is 0 Å². The minimum Gasteiger partial charge on any atom is -0.496 e. The van der Waals surface area contributed by atoms with E-state index in [1.54, 1.807) is 16.9 Å². The average Bonchev–Trinajstić information content (AvgIpc) is 2.81. The molecule has 0 amide bonds. The quantitative estimate of drug-likeness (QED) is 0.599. The van der Waals surface area contributed by atoms with E-state index in [2.05, 4.69) is 54.6 Å². The third kappa shape index (κ3) is 5.62. The summed E-state index contributed by atoms with van der Waals surface area (Å²) in [5.74, 6) is 1.78. The Morgan fingerprint density at radius 1 is 0.700 bits per heavy atom. The van der Waals surface area contributed by atoms with Crippen LogP contribution in [-0.2, 0) is 19.7 Å². The van der Waals surface area contributed by atoms with E-state index in [0.717, 1.165) is 24.6 Å². The van der Waals surface area contributed by atoms with Crippen LogP contribution in [0.1, 0.15) is 16.7 Å². The van der Waals surface area contributed by atoms with Gasteiger partial charge in [0.15, 0.2) is 0 Å². The zero-order valence-electron chi connectivity index (χ0n) is 17.8. The topological polar surface area (TPSA) is 27.3 Å². The lowest BCUT2D eigenvalue weighted by atomic mass is 10.1. The van der Waals surface area contributed by atoms with Crippen LogP contribution in [0.5, 0.6) is 11.5 Å². The number of ether oxygens (including phenoxy) is 2. The van der Waals surface area contributed by atoms with Crippen molar-refractivity contribution in [1.29, 1.82) is 0 Å². The molecule has 1 saturated heterocycles. The van der Waals surface area contributed by atoms with E-state index in [1.165, 1.54) is 42.9 Å². The van der Waals surface area contributed by atoms with Crippen molar-refractivity contribution in [1.82, 2.24) is 0 Å². The molecule has 2 N–H and O–H groups in total. The molecule has 0 aliphatic carbocycles. The fourth-order valence-electron chi connectivity index (χ4n) is 4.17. The zero-order chi connectivity index (χ0) is 20.6. The van der Waals surface area contributed by atoms with Gasteiger partial charge in [0.05, 0.1) is 7.11 Å². The van der Waals surface area contributed by atoms with Crippen LogP contribution >= 0.6 is 0 Å². The number of hydrogen-bond acceptors (Lipinski definition) is 2. The highest BCUT2D eigenvalue weighted by Gasteiger charge is 2.24. The van der Waals surface area contributed by atoms with E-state index in [1.807, 2.05) is 24.3 Å². The van der Waals surface area contributed by atoms with E-state index < -0.39 is 0 Å². The fraction of sp³-hybridized carbons (Fsp3) is 0.308. The molecule has 0 aromatic heterocycles. The Morgan fingerprint density at radius 2 is 1.30 bits per heavy atom. The van der Waals surface area contributed by atoms with Crippen molar-refractivity contribution >= 4 is 0 Å².